The van der Waals surface area contributed by atoms with Gasteiger partial charge in [0, 0.05) is 55.6 Å². The molecule has 0 bridgehead atoms. The van der Waals surface area contributed by atoms with E-state index in [-0.39, 0.29) is 0 Å². The van der Waals surface area contributed by atoms with Crippen LogP contribution < -0.4 is 10.2 Å². The van der Waals surface area contributed by atoms with E-state index in [1.165, 1.54) is 31.3 Å². The van der Waals surface area contributed by atoms with Gasteiger partial charge < -0.3 is 10.2 Å². The van der Waals surface area contributed by atoms with Gasteiger partial charge in [0.2, 0.25) is 5.95 Å². The number of anilines is 3. The van der Waals surface area contributed by atoms with Crippen molar-refractivity contribution in [2.24, 2.45) is 0 Å². The van der Waals surface area contributed by atoms with Gasteiger partial charge in [0.15, 0.2) is 15.5 Å². The molecule has 0 amide bonds. The van der Waals surface area contributed by atoms with Crippen LogP contribution in [0.4, 0.5) is 17.3 Å². The molecule has 3 heterocycles. The summed E-state index contributed by atoms with van der Waals surface area (Å²) < 4.78 is 25.4. The highest BCUT2D eigenvalue weighted by molar-refractivity contribution is 7.90. The van der Waals surface area contributed by atoms with Crippen LogP contribution in [-0.4, -0.2) is 66.9 Å². The Morgan fingerprint density at radius 3 is 2.47 bits per heavy atom. The van der Waals surface area contributed by atoms with Crippen LogP contribution in [0, 0.1) is 0 Å². The molecule has 2 aromatic carbocycles. The first-order valence-electron chi connectivity index (χ1n) is 12.4. The molecule has 1 aliphatic heterocycles. The minimum absolute atomic E-state index is 0.296. The standard InChI is InChI=1S/C27H32N6O2S/c1-3-4-14-31-16-18-32(19-17-31)23-8-5-7-22(20-23)28-27-29-26-25(9-6-15-33(26)30-27)21-10-12-24(13-11-21)36(2,34)35/h5-13,15,20H,3-4,14,16-19H2,1-2H3,(H,28,30). The molecule has 0 atom stereocenters. The smallest absolute Gasteiger partial charge is 0.247 e. The molecule has 8 nitrogen and oxygen atoms in total. The monoisotopic (exact) mass is 504 g/mol. The Bertz CT molecular complexity index is 1440. The summed E-state index contributed by atoms with van der Waals surface area (Å²) in [6, 6.07) is 19.1. The van der Waals surface area contributed by atoms with Crippen molar-refractivity contribution in [3.63, 3.8) is 0 Å². The van der Waals surface area contributed by atoms with Gasteiger partial charge in [0.25, 0.3) is 0 Å². The van der Waals surface area contributed by atoms with E-state index in [1.54, 1.807) is 28.8 Å². The van der Waals surface area contributed by atoms with Crippen molar-refractivity contribution in [1.82, 2.24) is 19.5 Å². The Morgan fingerprint density at radius 2 is 1.75 bits per heavy atom. The summed E-state index contributed by atoms with van der Waals surface area (Å²) in [6.07, 6.45) is 5.57. The third-order valence-corrected chi connectivity index (χ3v) is 7.75. The number of hydrogen-bond donors (Lipinski definition) is 1. The molecular weight excluding hydrogens is 472 g/mol. The molecule has 1 N–H and O–H groups in total. The Hall–Kier alpha value is -3.43. The second kappa shape index (κ2) is 10.3. The van der Waals surface area contributed by atoms with Crippen molar-refractivity contribution in [2.75, 3.05) is 49.2 Å². The zero-order valence-corrected chi connectivity index (χ0v) is 21.6. The quantitative estimate of drug-likeness (QED) is 0.379. The van der Waals surface area contributed by atoms with Gasteiger partial charge in [-0.2, -0.15) is 4.98 Å². The predicted molar refractivity (Wildman–Crippen MR) is 145 cm³/mol. The first kappa shape index (κ1) is 24.3. The third kappa shape index (κ3) is 5.37. The van der Waals surface area contributed by atoms with Crippen LogP contribution in [0.25, 0.3) is 16.8 Å². The summed E-state index contributed by atoms with van der Waals surface area (Å²) in [4.78, 5) is 10.0. The fourth-order valence-corrected chi connectivity index (χ4v) is 5.22. The Labute approximate surface area is 212 Å². The summed E-state index contributed by atoms with van der Waals surface area (Å²) >= 11 is 0. The number of nitrogens with one attached hydrogen (secondary N) is 1. The van der Waals surface area contributed by atoms with Crippen LogP contribution in [0.2, 0.25) is 0 Å². The van der Waals surface area contributed by atoms with Gasteiger partial charge in [0.05, 0.1) is 4.90 Å². The highest BCUT2D eigenvalue weighted by atomic mass is 32.2. The molecule has 0 radical (unpaired) electrons. The number of fused-ring (bicyclic) bond motifs is 1. The Kier molecular flexibility index (Phi) is 6.93. The van der Waals surface area contributed by atoms with Gasteiger partial charge in [0.1, 0.15) is 0 Å². The summed E-state index contributed by atoms with van der Waals surface area (Å²) in [5.41, 5.74) is 4.60. The number of nitrogens with zero attached hydrogens (tertiary/aromatic N) is 5. The van der Waals surface area contributed by atoms with Gasteiger partial charge in [-0.1, -0.05) is 31.5 Å². The third-order valence-electron chi connectivity index (χ3n) is 6.62. The largest absolute Gasteiger partial charge is 0.369 e. The van der Waals surface area contributed by atoms with Crippen molar-refractivity contribution in [2.45, 2.75) is 24.7 Å². The maximum absolute atomic E-state index is 11.8. The van der Waals surface area contributed by atoms with Crippen LogP contribution in [0.1, 0.15) is 19.8 Å². The lowest BCUT2D eigenvalue weighted by Gasteiger charge is -2.36. The van der Waals surface area contributed by atoms with E-state index in [1.807, 2.05) is 24.4 Å². The van der Waals surface area contributed by atoms with E-state index in [0.717, 1.165) is 43.0 Å². The Balaban J connectivity index is 1.33. The van der Waals surface area contributed by atoms with Gasteiger partial charge >= 0.3 is 0 Å². The molecule has 5 rings (SSSR count). The molecule has 4 aromatic rings. The number of rotatable bonds is 8. The maximum atomic E-state index is 11.8. The fraction of sp³-hybridized carbons (Fsp3) is 0.333. The second-order valence-electron chi connectivity index (χ2n) is 9.28. The summed E-state index contributed by atoms with van der Waals surface area (Å²) in [5, 5.41) is 7.97. The molecule has 0 unspecified atom stereocenters. The van der Waals surface area contributed by atoms with Crippen molar-refractivity contribution in [3.8, 4) is 11.1 Å². The van der Waals surface area contributed by atoms with Crippen molar-refractivity contribution in [3.05, 3.63) is 66.9 Å². The molecule has 1 aliphatic rings. The molecule has 9 heteroatoms. The molecule has 0 spiro atoms. The summed E-state index contributed by atoms with van der Waals surface area (Å²) in [5.74, 6) is 0.511. The zero-order valence-electron chi connectivity index (χ0n) is 20.8. The van der Waals surface area contributed by atoms with Crippen LogP contribution >= 0.6 is 0 Å². The van der Waals surface area contributed by atoms with Crippen molar-refractivity contribution in [1.29, 1.82) is 0 Å². The number of sulfone groups is 1. The normalized spacial score (nSPS) is 14.9. The zero-order chi connectivity index (χ0) is 25.1. The molecule has 2 aromatic heterocycles. The molecule has 1 fully saturated rings. The minimum Gasteiger partial charge on any atom is -0.369 e. The number of piperazine rings is 1. The van der Waals surface area contributed by atoms with Gasteiger partial charge in [-0.25, -0.2) is 12.9 Å². The topological polar surface area (TPSA) is 82.8 Å². The summed E-state index contributed by atoms with van der Waals surface area (Å²) in [6.45, 7) is 7.68. The molecule has 1 saturated heterocycles. The SMILES string of the molecule is CCCCN1CCN(c2cccc(Nc3nc4c(-c5ccc(S(C)(=O)=O)cc5)cccn4n3)c2)CC1. The molecule has 0 aliphatic carbocycles. The highest BCUT2D eigenvalue weighted by Crippen LogP contribution is 2.27. The van der Waals surface area contributed by atoms with E-state index in [2.05, 4.69) is 45.3 Å². The van der Waals surface area contributed by atoms with Crippen LogP contribution in [0.3, 0.4) is 0 Å². The number of unbranched alkanes of at least 4 members (excludes halogenated alkanes) is 1. The maximum Gasteiger partial charge on any atom is 0.247 e. The second-order valence-corrected chi connectivity index (χ2v) is 11.3. The van der Waals surface area contributed by atoms with Crippen molar-refractivity contribution >= 4 is 32.8 Å². The van der Waals surface area contributed by atoms with Gasteiger partial charge in [-0.05, 0) is 61.0 Å². The number of pyridine rings is 1. The average molecular weight is 505 g/mol. The minimum atomic E-state index is -3.24. The number of benzene rings is 2. The lowest BCUT2D eigenvalue weighted by molar-refractivity contribution is 0.254. The van der Waals surface area contributed by atoms with E-state index >= 15 is 0 Å². The number of aromatic nitrogens is 3. The molecule has 0 saturated carbocycles. The van der Waals surface area contributed by atoms with Crippen molar-refractivity contribution < 1.29 is 8.42 Å². The van der Waals surface area contributed by atoms with Gasteiger partial charge in [-0.15, -0.1) is 5.10 Å². The van der Waals surface area contributed by atoms with Crippen LogP contribution in [-0.2, 0) is 9.84 Å². The highest BCUT2D eigenvalue weighted by Gasteiger charge is 2.17. The lowest BCUT2D eigenvalue weighted by atomic mass is 10.1. The molecule has 36 heavy (non-hydrogen) atoms. The van der Waals surface area contributed by atoms with E-state index in [4.69, 9.17) is 4.98 Å². The molecular formula is C27H32N6O2S. The predicted octanol–water partition coefficient (Wildman–Crippen LogP) is 4.47. The first-order valence-corrected chi connectivity index (χ1v) is 14.3. The van der Waals surface area contributed by atoms with E-state index < -0.39 is 9.84 Å². The fourth-order valence-electron chi connectivity index (χ4n) is 4.59. The van der Waals surface area contributed by atoms with Crippen LogP contribution in [0.15, 0.2) is 71.8 Å². The van der Waals surface area contributed by atoms with Crippen LogP contribution in [0.5, 0.6) is 0 Å². The lowest BCUT2D eigenvalue weighted by Crippen LogP contribution is -2.46. The molecule has 188 valence electrons. The average Bonchev–Trinajstić information content (AvgIpc) is 3.30. The van der Waals surface area contributed by atoms with Gasteiger partial charge in [-0.3, -0.25) is 4.90 Å². The Morgan fingerprint density at radius 1 is 0.972 bits per heavy atom. The number of hydrogen-bond acceptors (Lipinski definition) is 7. The first-order chi connectivity index (χ1) is 17.4. The summed E-state index contributed by atoms with van der Waals surface area (Å²) in [7, 11) is -3.24. The van der Waals surface area contributed by atoms with E-state index in [0.29, 0.717) is 16.5 Å². The van der Waals surface area contributed by atoms with E-state index in [9.17, 15) is 8.42 Å².